The molecule has 0 radical (unpaired) electrons. The van der Waals surface area contributed by atoms with Crippen LogP contribution in [0.4, 0.5) is 5.95 Å². The minimum atomic E-state index is -0.300. The lowest BCUT2D eigenvalue weighted by atomic mass is 9.93. The second-order valence-corrected chi connectivity index (χ2v) is 5.70. The number of rotatable bonds is 6. The molecule has 3 aromatic rings. The maximum Gasteiger partial charge on any atom is 0.221 e. The molecule has 0 spiro atoms. The Kier molecular flexibility index (Phi) is 4.90. The standard InChI is InChI=1S/C19H19N3O3/c1-25-16-9-5-8-14-17(21-19(20)22-18(14)16)15(24)10-13(11-23)12-6-3-2-4-7-12/h2-9,13,23H,10-11H2,1H3,(H2,20,21,22)/t13-/m0/s1. The zero-order valence-electron chi connectivity index (χ0n) is 13.8. The number of aliphatic hydroxyl groups is 1. The van der Waals surface area contributed by atoms with E-state index in [1.54, 1.807) is 18.2 Å². The zero-order valence-corrected chi connectivity index (χ0v) is 13.8. The van der Waals surface area contributed by atoms with Crippen LogP contribution in [0.3, 0.4) is 0 Å². The van der Waals surface area contributed by atoms with Crippen molar-refractivity contribution in [3.63, 3.8) is 0 Å². The van der Waals surface area contributed by atoms with Crippen molar-refractivity contribution in [1.29, 1.82) is 0 Å². The molecule has 2 aromatic carbocycles. The van der Waals surface area contributed by atoms with Crippen molar-refractivity contribution in [1.82, 2.24) is 9.97 Å². The molecule has 0 aliphatic rings. The summed E-state index contributed by atoms with van der Waals surface area (Å²) in [5, 5.41) is 10.3. The molecule has 1 aromatic heterocycles. The van der Waals surface area contributed by atoms with Crippen LogP contribution in [-0.2, 0) is 0 Å². The van der Waals surface area contributed by atoms with Crippen molar-refractivity contribution < 1.29 is 14.6 Å². The topological polar surface area (TPSA) is 98.3 Å². The van der Waals surface area contributed by atoms with Gasteiger partial charge < -0.3 is 15.6 Å². The van der Waals surface area contributed by atoms with Gasteiger partial charge in [0.25, 0.3) is 0 Å². The first kappa shape index (κ1) is 16.9. The predicted octanol–water partition coefficient (Wildman–Crippen LogP) is 2.57. The van der Waals surface area contributed by atoms with Crippen LogP contribution in [0.5, 0.6) is 5.75 Å². The van der Waals surface area contributed by atoms with Gasteiger partial charge in [-0.1, -0.05) is 42.5 Å². The molecule has 25 heavy (non-hydrogen) atoms. The fourth-order valence-corrected chi connectivity index (χ4v) is 2.85. The fourth-order valence-electron chi connectivity index (χ4n) is 2.85. The first-order valence-corrected chi connectivity index (χ1v) is 7.93. The maximum atomic E-state index is 12.9. The van der Waals surface area contributed by atoms with Gasteiger partial charge in [0.15, 0.2) is 5.78 Å². The lowest BCUT2D eigenvalue weighted by Crippen LogP contribution is -2.14. The number of fused-ring (bicyclic) bond motifs is 1. The van der Waals surface area contributed by atoms with Gasteiger partial charge in [0.05, 0.1) is 13.7 Å². The third-order valence-electron chi connectivity index (χ3n) is 4.11. The van der Waals surface area contributed by atoms with Gasteiger partial charge in [-0.15, -0.1) is 0 Å². The van der Waals surface area contributed by atoms with E-state index in [1.807, 2.05) is 30.3 Å². The van der Waals surface area contributed by atoms with Gasteiger partial charge in [0, 0.05) is 17.7 Å². The van der Waals surface area contributed by atoms with Gasteiger partial charge in [-0.05, 0) is 11.6 Å². The number of nitrogens with zero attached hydrogens (tertiary/aromatic N) is 2. The summed E-state index contributed by atoms with van der Waals surface area (Å²) in [6.45, 7) is -0.127. The Bertz CT molecular complexity index is 897. The molecule has 0 unspecified atom stereocenters. The number of hydrogen-bond acceptors (Lipinski definition) is 6. The number of nitrogens with two attached hydrogens (primary N) is 1. The summed E-state index contributed by atoms with van der Waals surface area (Å²) >= 11 is 0. The van der Waals surface area contributed by atoms with E-state index in [0.29, 0.717) is 16.7 Å². The summed E-state index contributed by atoms with van der Waals surface area (Å²) in [5.41, 5.74) is 7.43. The van der Waals surface area contributed by atoms with Crippen molar-refractivity contribution in [2.24, 2.45) is 0 Å². The quantitative estimate of drug-likeness (QED) is 0.671. The number of anilines is 1. The minimum Gasteiger partial charge on any atom is -0.494 e. The van der Waals surface area contributed by atoms with Gasteiger partial charge in [-0.25, -0.2) is 9.97 Å². The van der Waals surface area contributed by atoms with E-state index < -0.39 is 0 Å². The number of carbonyl (C=O) groups excluding carboxylic acids is 1. The number of hydrogen-bond donors (Lipinski definition) is 2. The number of methoxy groups -OCH3 is 1. The largest absolute Gasteiger partial charge is 0.494 e. The Balaban J connectivity index is 1.99. The Labute approximate surface area is 145 Å². The molecule has 0 bridgehead atoms. The number of aliphatic hydroxyl groups excluding tert-OH is 1. The SMILES string of the molecule is COc1cccc2c(C(=O)C[C@@H](CO)c3ccccc3)nc(N)nc12. The van der Waals surface area contributed by atoms with Crippen LogP contribution in [-0.4, -0.2) is 34.6 Å². The molecule has 1 heterocycles. The second kappa shape index (κ2) is 7.27. The molecule has 0 saturated heterocycles. The number of carbonyl (C=O) groups is 1. The van der Waals surface area contributed by atoms with Crippen LogP contribution in [0.2, 0.25) is 0 Å². The number of Topliss-reactive ketones (excluding diaryl/α,β-unsaturated/α-hetero) is 1. The smallest absolute Gasteiger partial charge is 0.221 e. The highest BCUT2D eigenvalue weighted by molar-refractivity contribution is 6.07. The van der Waals surface area contributed by atoms with E-state index in [0.717, 1.165) is 5.56 Å². The average Bonchev–Trinajstić information content (AvgIpc) is 2.65. The second-order valence-electron chi connectivity index (χ2n) is 5.70. The maximum absolute atomic E-state index is 12.9. The normalized spacial score (nSPS) is 12.1. The molecule has 3 rings (SSSR count). The molecule has 0 aliphatic carbocycles. The first-order valence-electron chi connectivity index (χ1n) is 7.93. The van der Waals surface area contributed by atoms with E-state index in [9.17, 15) is 9.90 Å². The molecular weight excluding hydrogens is 318 g/mol. The lowest BCUT2D eigenvalue weighted by Gasteiger charge is -2.14. The fraction of sp³-hybridized carbons (Fsp3) is 0.211. The van der Waals surface area contributed by atoms with Crippen molar-refractivity contribution in [3.8, 4) is 5.75 Å². The summed E-state index contributed by atoms with van der Waals surface area (Å²) in [7, 11) is 1.53. The summed E-state index contributed by atoms with van der Waals surface area (Å²) in [4.78, 5) is 21.2. The summed E-state index contributed by atoms with van der Waals surface area (Å²) in [6.07, 6.45) is 0.128. The van der Waals surface area contributed by atoms with Gasteiger partial charge in [-0.3, -0.25) is 4.79 Å². The third kappa shape index (κ3) is 3.44. The Hall–Kier alpha value is -2.99. The van der Waals surface area contributed by atoms with Crippen LogP contribution in [0.1, 0.15) is 28.4 Å². The minimum absolute atomic E-state index is 0.0145. The van der Waals surface area contributed by atoms with E-state index in [4.69, 9.17) is 10.5 Å². The molecule has 1 atom stereocenters. The molecular formula is C19H19N3O3. The van der Waals surface area contributed by atoms with Crippen molar-refractivity contribution >= 4 is 22.6 Å². The number of nitrogen functional groups attached to an aromatic ring is 1. The van der Waals surface area contributed by atoms with Crippen LogP contribution in [0, 0.1) is 0 Å². The number of para-hydroxylation sites is 1. The average molecular weight is 337 g/mol. The van der Waals surface area contributed by atoms with Crippen LogP contribution in [0.25, 0.3) is 10.9 Å². The third-order valence-corrected chi connectivity index (χ3v) is 4.11. The molecule has 3 N–H and O–H groups in total. The van der Waals surface area contributed by atoms with Gasteiger partial charge in [-0.2, -0.15) is 0 Å². The summed E-state index contributed by atoms with van der Waals surface area (Å²) in [5.74, 6) is 0.0452. The van der Waals surface area contributed by atoms with E-state index in [2.05, 4.69) is 9.97 Å². The van der Waals surface area contributed by atoms with E-state index in [-0.39, 0.29) is 36.4 Å². The number of ether oxygens (including phenoxy) is 1. The summed E-state index contributed by atoms with van der Waals surface area (Å²) < 4.78 is 5.29. The Morgan fingerprint density at radius 1 is 1.16 bits per heavy atom. The van der Waals surface area contributed by atoms with Crippen molar-refractivity contribution in [2.75, 3.05) is 19.5 Å². The molecule has 128 valence electrons. The lowest BCUT2D eigenvalue weighted by molar-refractivity contribution is 0.0957. The zero-order chi connectivity index (χ0) is 17.8. The number of benzene rings is 2. The van der Waals surface area contributed by atoms with Crippen molar-refractivity contribution in [2.45, 2.75) is 12.3 Å². The molecule has 6 nitrogen and oxygen atoms in total. The van der Waals surface area contributed by atoms with Crippen LogP contribution < -0.4 is 10.5 Å². The molecule has 0 amide bonds. The van der Waals surface area contributed by atoms with E-state index in [1.165, 1.54) is 7.11 Å². The van der Waals surface area contributed by atoms with Crippen LogP contribution >= 0.6 is 0 Å². The van der Waals surface area contributed by atoms with Crippen molar-refractivity contribution in [3.05, 3.63) is 59.8 Å². The highest BCUT2D eigenvalue weighted by atomic mass is 16.5. The summed E-state index contributed by atoms with van der Waals surface area (Å²) in [6, 6.07) is 14.7. The van der Waals surface area contributed by atoms with Gasteiger partial charge >= 0.3 is 0 Å². The molecule has 6 heteroatoms. The predicted molar refractivity (Wildman–Crippen MR) is 95.7 cm³/mol. The van der Waals surface area contributed by atoms with Gasteiger partial charge in [0.2, 0.25) is 5.95 Å². The number of aromatic nitrogens is 2. The number of ketones is 1. The molecule has 0 fully saturated rings. The Morgan fingerprint density at radius 2 is 1.92 bits per heavy atom. The van der Waals surface area contributed by atoms with Crippen LogP contribution in [0.15, 0.2) is 48.5 Å². The molecule has 0 aliphatic heterocycles. The molecule has 0 saturated carbocycles. The highest BCUT2D eigenvalue weighted by Crippen LogP contribution is 2.28. The van der Waals surface area contributed by atoms with Gasteiger partial charge in [0.1, 0.15) is 17.0 Å². The Morgan fingerprint density at radius 3 is 2.60 bits per heavy atom. The first-order chi connectivity index (χ1) is 12.1. The monoisotopic (exact) mass is 337 g/mol. The van der Waals surface area contributed by atoms with E-state index >= 15 is 0 Å². The highest BCUT2D eigenvalue weighted by Gasteiger charge is 2.21.